The van der Waals surface area contributed by atoms with Gasteiger partial charge in [0.05, 0.1) is 42.7 Å². The molecule has 4 heterocycles. The lowest BCUT2D eigenvalue weighted by Gasteiger charge is -2.42. The molecule has 6 aliphatic rings. The van der Waals surface area contributed by atoms with Crippen molar-refractivity contribution >= 4 is 76.6 Å². The zero-order valence-corrected chi connectivity index (χ0v) is 60.5. The summed E-state index contributed by atoms with van der Waals surface area (Å²) < 4.78 is 41.7. The number of amides is 11. The molecule has 100 heavy (non-hydrogen) atoms. The van der Waals surface area contributed by atoms with Crippen LogP contribution in [0.1, 0.15) is 139 Å². The quantitative estimate of drug-likeness (QED) is 0.256. The molecule has 2 saturated carbocycles. The first-order valence-corrected chi connectivity index (χ1v) is 36.0. The molecule has 5 unspecified atom stereocenters. The number of aryl methyl sites for hydroxylation is 2. The third-order valence-electron chi connectivity index (χ3n) is 22.2. The number of aliphatic hydroxyl groups is 1. The van der Waals surface area contributed by atoms with Crippen molar-refractivity contribution in [2.75, 3.05) is 95.1 Å². The van der Waals surface area contributed by atoms with Crippen molar-refractivity contribution < 1.29 is 71.0 Å². The van der Waals surface area contributed by atoms with Gasteiger partial charge in [0.25, 0.3) is 0 Å². The van der Waals surface area contributed by atoms with Crippen molar-refractivity contribution in [1.29, 1.82) is 0 Å². The second kappa shape index (κ2) is 34.5. The number of carbonyl (C=O) groups is 11. The van der Waals surface area contributed by atoms with Crippen LogP contribution in [-0.2, 0) is 71.8 Å². The average molecular weight is 1420 g/mol. The summed E-state index contributed by atoms with van der Waals surface area (Å²) in [5, 5.41) is 20.0. The molecule has 4 aliphatic heterocycles. The number of likely N-dealkylation sites (N-methyl/N-ethyl adjacent to an activating group) is 7. The molecule has 11 amide bonds. The number of aliphatic hydroxyl groups excluding tert-OH is 1. The minimum atomic E-state index is -4.76. The summed E-state index contributed by atoms with van der Waals surface area (Å²) in [5.74, 6) is -8.80. The van der Waals surface area contributed by atoms with Gasteiger partial charge in [0.15, 0.2) is 0 Å². The smallest absolute Gasteiger partial charge is 0.376 e. The minimum absolute atomic E-state index is 0.00290. The molecule has 8 rings (SSSR count). The van der Waals surface area contributed by atoms with Gasteiger partial charge in [0.2, 0.25) is 65.0 Å². The summed E-state index contributed by atoms with van der Waals surface area (Å²) in [6, 6.07) is 2.01. The van der Waals surface area contributed by atoms with Crippen molar-refractivity contribution in [3.05, 3.63) is 69.7 Å². The van der Waals surface area contributed by atoms with Crippen molar-refractivity contribution in [2.24, 2.45) is 29.6 Å². The molecule has 4 saturated heterocycles. The molecular formula is C72H104ClF3N12O12. The van der Waals surface area contributed by atoms with Crippen molar-refractivity contribution in [3.63, 3.8) is 0 Å². The van der Waals surface area contributed by atoms with Gasteiger partial charge in [-0.1, -0.05) is 93.4 Å². The van der Waals surface area contributed by atoms with Gasteiger partial charge in [0, 0.05) is 74.9 Å². The van der Waals surface area contributed by atoms with Gasteiger partial charge in [-0.15, -0.1) is 0 Å². The van der Waals surface area contributed by atoms with Crippen LogP contribution in [0.2, 0.25) is 5.02 Å². The van der Waals surface area contributed by atoms with Crippen molar-refractivity contribution in [1.82, 2.24) is 60.0 Å². The average Bonchev–Trinajstić information content (AvgIpc) is 1.20. The molecule has 552 valence electrons. The Kier molecular flexibility index (Phi) is 27.0. The predicted molar refractivity (Wildman–Crippen MR) is 367 cm³/mol. The van der Waals surface area contributed by atoms with E-state index in [1.165, 1.54) is 82.7 Å². The Balaban J connectivity index is 1.16. The number of likely N-dealkylation sites (tertiary alicyclic amines) is 1. The van der Waals surface area contributed by atoms with E-state index in [0.29, 0.717) is 75.6 Å². The highest BCUT2D eigenvalue weighted by molar-refractivity contribution is 6.31. The lowest BCUT2D eigenvalue weighted by Crippen LogP contribution is -2.61. The Morgan fingerprint density at radius 2 is 1.24 bits per heavy atom. The van der Waals surface area contributed by atoms with E-state index in [-0.39, 0.29) is 63.6 Å². The maximum atomic E-state index is 15.6. The van der Waals surface area contributed by atoms with E-state index in [1.807, 2.05) is 38.1 Å². The maximum absolute atomic E-state index is 15.6. The van der Waals surface area contributed by atoms with Crippen LogP contribution in [0, 0.1) is 36.5 Å². The van der Waals surface area contributed by atoms with Crippen LogP contribution < -0.4 is 16.0 Å². The lowest BCUT2D eigenvalue weighted by atomic mass is 9.78. The molecule has 2 aromatic carbocycles. The van der Waals surface area contributed by atoms with Gasteiger partial charge in [-0.05, 0) is 137 Å². The SMILES string of the molecule is CC[C@H](C)C1NC(=O)[C@H](C2CCC2)N(C)C(=O)C[C@@H](C(=O)N2CCCC2)N(C)C(=O)[C@H](C2CCCCC2)N(C)C(=O)CC2CCNC(=O)C3C2CCN3C(=O)[C@H](CCc2ccc(C(F)(F)F)c(Cl)c2)NC(=O)CN(C)C(=O)[C@H](Cc2ccc(C)cc2)N(C)C(O)CN(C)C(=O)CN(C)C1=O. The normalized spacial score (nSPS) is 28.2. The van der Waals surface area contributed by atoms with Gasteiger partial charge in [-0.25, -0.2) is 0 Å². The van der Waals surface area contributed by atoms with Crippen LogP contribution in [0.4, 0.5) is 13.2 Å². The van der Waals surface area contributed by atoms with E-state index in [0.717, 1.165) is 48.3 Å². The molecular weight excluding hydrogens is 1320 g/mol. The second-order valence-electron chi connectivity index (χ2n) is 29.0. The molecule has 0 spiro atoms. The van der Waals surface area contributed by atoms with Crippen LogP contribution in [0.15, 0.2) is 42.5 Å². The number of rotatable bonds is 10. The zero-order valence-electron chi connectivity index (χ0n) is 59.7. The molecule has 4 bridgehead atoms. The number of benzene rings is 2. The number of hydrogen-bond acceptors (Lipinski definition) is 13. The van der Waals surface area contributed by atoms with Gasteiger partial charge < -0.3 is 60.3 Å². The number of nitrogens with zero attached hydrogens (tertiary/aromatic N) is 9. The molecule has 28 heteroatoms. The summed E-state index contributed by atoms with van der Waals surface area (Å²) >= 11 is 6.16. The Morgan fingerprint density at radius 1 is 0.630 bits per heavy atom. The lowest BCUT2D eigenvalue weighted by molar-refractivity contribution is -0.155. The Bertz CT molecular complexity index is 3290. The zero-order chi connectivity index (χ0) is 73.2. The van der Waals surface area contributed by atoms with Gasteiger partial charge >= 0.3 is 6.18 Å². The highest BCUT2D eigenvalue weighted by atomic mass is 35.5. The molecule has 4 N–H and O–H groups in total. The summed E-state index contributed by atoms with van der Waals surface area (Å²) in [5.41, 5.74) is 0.844. The minimum Gasteiger partial charge on any atom is -0.376 e. The van der Waals surface area contributed by atoms with Gasteiger partial charge in [-0.3, -0.25) is 57.6 Å². The molecule has 2 aromatic rings. The number of hydrogen-bond donors (Lipinski definition) is 4. The monoisotopic (exact) mass is 1420 g/mol. The fourth-order valence-electron chi connectivity index (χ4n) is 15.4. The van der Waals surface area contributed by atoms with Crippen LogP contribution >= 0.6 is 11.6 Å². The first kappa shape index (κ1) is 78.3. The topological polar surface area (TPSA) is 273 Å². The van der Waals surface area contributed by atoms with Crippen LogP contribution in [0.5, 0.6) is 0 Å². The number of carbonyl (C=O) groups excluding carboxylic acids is 11. The maximum Gasteiger partial charge on any atom is 0.417 e. The number of β-amino-alcohol motifs (C(OH)–C–C–N with tert-alkyl or cyclic N) is 1. The molecule has 11 atom stereocenters. The number of nitrogens with one attached hydrogen (secondary N) is 3. The van der Waals surface area contributed by atoms with Crippen molar-refractivity contribution in [3.8, 4) is 0 Å². The fourth-order valence-corrected chi connectivity index (χ4v) is 15.7. The second-order valence-corrected chi connectivity index (χ2v) is 29.4. The van der Waals surface area contributed by atoms with E-state index in [4.69, 9.17) is 11.6 Å². The van der Waals surface area contributed by atoms with E-state index >= 15 is 19.2 Å². The predicted octanol–water partition coefficient (Wildman–Crippen LogP) is 4.48. The van der Waals surface area contributed by atoms with Crippen molar-refractivity contribution in [2.45, 2.75) is 191 Å². The summed E-state index contributed by atoms with van der Waals surface area (Å²) in [4.78, 5) is 176. The largest absolute Gasteiger partial charge is 0.417 e. The third-order valence-corrected chi connectivity index (χ3v) is 22.5. The van der Waals surface area contributed by atoms with Gasteiger partial charge in [-0.2, -0.15) is 13.2 Å². The van der Waals surface area contributed by atoms with Crippen LogP contribution in [0.3, 0.4) is 0 Å². The standard InChI is InChI=1S/C72H104ClF3N12O12/c1-11-44(3)61-70(99)82(6)41-59(92)80(4)42-60(93)83(7)54(37-46-24-22-43(2)23-25-46)68(97)81(5)40-56(89)78-53(29-27-45-26-28-51(52(73)36-45)72(74,75)76)67(96)88-35-31-50-49(30-32-77-65(94)64(50)88)38-57(90)86(10)63(48-18-13-12-14-19-48)71(100)84(8)55(69(98)87-33-15-16-34-87)39-58(91)85(9)62(66(95)79-61)47-20-17-21-47/h22-26,28,36,44,47-50,53-55,60-64,93H,11-21,27,29-35,37-42H2,1-10H3,(H,77,94)(H,78,89)(H,79,95)/t44-,49?,50?,53-,54-,55-,60?,61?,62-,63-,64?/m0/s1. The first-order valence-electron chi connectivity index (χ1n) is 35.6. The molecule has 2 aliphatic carbocycles. The molecule has 0 aromatic heterocycles. The van der Waals surface area contributed by atoms with E-state index in [1.54, 1.807) is 18.9 Å². The summed E-state index contributed by atoms with van der Waals surface area (Å²) in [7, 11) is 10.2. The van der Waals surface area contributed by atoms with E-state index < -0.39 is 168 Å². The van der Waals surface area contributed by atoms with Crippen LogP contribution in [-0.4, -0.2) is 258 Å². The third kappa shape index (κ3) is 18.8. The highest BCUT2D eigenvalue weighted by Gasteiger charge is 2.51. The molecule has 6 fully saturated rings. The first-order chi connectivity index (χ1) is 47.3. The molecule has 0 radical (unpaired) electrons. The number of halogens is 4. The fraction of sp³-hybridized carbons (Fsp3) is 0.681. The van der Waals surface area contributed by atoms with Crippen LogP contribution in [0.25, 0.3) is 0 Å². The van der Waals surface area contributed by atoms with Gasteiger partial charge in [0.1, 0.15) is 42.5 Å². The van der Waals surface area contributed by atoms with E-state index in [2.05, 4.69) is 16.0 Å². The number of alkyl halides is 3. The summed E-state index contributed by atoms with van der Waals surface area (Å²) in [6.45, 7) is 4.93. The Labute approximate surface area is 590 Å². The summed E-state index contributed by atoms with van der Waals surface area (Å²) in [6.07, 6.45) is 0.762. The molecule has 24 nitrogen and oxygen atoms in total. The Hall–Kier alpha value is -7.39. The highest BCUT2D eigenvalue weighted by Crippen LogP contribution is 2.40. The Morgan fingerprint density at radius 3 is 1.86 bits per heavy atom. The van der Waals surface area contributed by atoms with E-state index in [9.17, 15) is 51.8 Å².